The number of aryl methyl sites for hydroxylation is 1. The van der Waals surface area contributed by atoms with Gasteiger partial charge in [0, 0.05) is 24.1 Å². The van der Waals surface area contributed by atoms with Gasteiger partial charge in [-0.25, -0.2) is 9.78 Å². The van der Waals surface area contributed by atoms with Crippen molar-refractivity contribution in [3.8, 4) is 17.4 Å². The Morgan fingerprint density at radius 3 is 2.74 bits per heavy atom. The highest BCUT2D eigenvalue weighted by molar-refractivity contribution is 5.98. The van der Waals surface area contributed by atoms with Crippen LogP contribution in [0.1, 0.15) is 35.8 Å². The molecule has 0 aliphatic rings. The number of benzene rings is 1. The summed E-state index contributed by atoms with van der Waals surface area (Å²) in [5.41, 5.74) is 3.55. The molecule has 0 fully saturated rings. The first kappa shape index (κ1) is 22.1. The van der Waals surface area contributed by atoms with Crippen LogP contribution in [0.5, 0.6) is 0 Å². The molecule has 0 N–H and O–H groups in total. The normalized spacial score (nSPS) is 12.4. The molecular weight excluding hydrogens is 394 g/mol. The molecule has 1 aromatic carbocycles. The molecule has 160 valence electrons. The van der Waals surface area contributed by atoms with Crippen molar-refractivity contribution < 1.29 is 18.7 Å². The number of nitriles is 1. The van der Waals surface area contributed by atoms with Gasteiger partial charge in [-0.15, -0.1) is 0 Å². The number of esters is 1. The molecule has 3 aromatic rings. The number of hydrogen-bond donors (Lipinski definition) is 0. The fourth-order valence-electron chi connectivity index (χ4n) is 3.55. The van der Waals surface area contributed by atoms with Gasteiger partial charge in [-0.05, 0) is 38.5 Å². The maximum Gasteiger partial charge on any atom is 0.349 e. The van der Waals surface area contributed by atoms with Crippen LogP contribution in [0.4, 0.5) is 0 Å². The van der Waals surface area contributed by atoms with Crippen molar-refractivity contribution in [2.45, 2.75) is 33.4 Å². The zero-order valence-corrected chi connectivity index (χ0v) is 18.1. The molecule has 1 atom stereocenters. The van der Waals surface area contributed by atoms with Crippen molar-refractivity contribution >= 4 is 12.0 Å². The van der Waals surface area contributed by atoms with Gasteiger partial charge >= 0.3 is 5.97 Å². The Balaban J connectivity index is 1.71. The minimum Gasteiger partial charge on any atom is -0.452 e. The predicted octanol–water partition coefficient (Wildman–Crippen LogP) is 4.62. The van der Waals surface area contributed by atoms with Crippen LogP contribution in [0.15, 0.2) is 52.6 Å². The lowest BCUT2D eigenvalue weighted by molar-refractivity contribution is -0.140. The molecule has 0 unspecified atom stereocenters. The van der Waals surface area contributed by atoms with Crippen LogP contribution in [0.25, 0.3) is 17.4 Å². The Bertz CT molecular complexity index is 1120. The number of aromatic nitrogens is 2. The van der Waals surface area contributed by atoms with Gasteiger partial charge in [-0.2, -0.15) is 5.26 Å². The van der Waals surface area contributed by atoms with Crippen LogP contribution in [-0.4, -0.2) is 29.2 Å². The summed E-state index contributed by atoms with van der Waals surface area (Å²) in [7, 11) is 1.66. The average Bonchev–Trinajstić information content (AvgIpc) is 3.35. The van der Waals surface area contributed by atoms with E-state index in [1.54, 1.807) is 19.4 Å². The SMILES string of the molecule is COC[C@H](C)n1c(C)cc(/C=C(\C#N)C(=O)OCc2ncc(-c3ccccc3)o2)c1C. The third kappa shape index (κ3) is 5.11. The molecule has 0 aliphatic carbocycles. The van der Waals surface area contributed by atoms with E-state index in [1.807, 2.05) is 56.3 Å². The molecule has 0 bridgehead atoms. The van der Waals surface area contributed by atoms with Crippen molar-refractivity contribution in [2.24, 2.45) is 0 Å². The Morgan fingerprint density at radius 2 is 2.06 bits per heavy atom. The van der Waals surface area contributed by atoms with Gasteiger partial charge in [0.15, 0.2) is 12.4 Å². The largest absolute Gasteiger partial charge is 0.452 e. The molecule has 7 nitrogen and oxygen atoms in total. The maximum atomic E-state index is 12.5. The second-order valence-electron chi connectivity index (χ2n) is 7.23. The third-order valence-corrected chi connectivity index (χ3v) is 4.95. The molecule has 0 radical (unpaired) electrons. The molecule has 0 spiro atoms. The zero-order chi connectivity index (χ0) is 22.4. The summed E-state index contributed by atoms with van der Waals surface area (Å²) in [6, 6.07) is 13.5. The van der Waals surface area contributed by atoms with Gasteiger partial charge in [-0.1, -0.05) is 30.3 Å². The number of carbonyl (C=O) groups excluding carboxylic acids is 1. The van der Waals surface area contributed by atoms with E-state index in [9.17, 15) is 10.1 Å². The summed E-state index contributed by atoms with van der Waals surface area (Å²) < 4.78 is 18.2. The quantitative estimate of drug-likeness (QED) is 0.301. The third-order valence-electron chi connectivity index (χ3n) is 4.95. The number of carbonyl (C=O) groups is 1. The number of nitrogens with zero attached hydrogens (tertiary/aromatic N) is 3. The van der Waals surface area contributed by atoms with E-state index in [0.717, 1.165) is 22.5 Å². The lowest BCUT2D eigenvalue weighted by Crippen LogP contribution is -2.13. The average molecular weight is 419 g/mol. The van der Waals surface area contributed by atoms with Crippen LogP contribution in [0, 0.1) is 25.2 Å². The summed E-state index contributed by atoms with van der Waals surface area (Å²) in [5, 5.41) is 9.48. The molecule has 0 saturated carbocycles. The monoisotopic (exact) mass is 419 g/mol. The van der Waals surface area contributed by atoms with Gasteiger partial charge in [0.25, 0.3) is 0 Å². The molecule has 2 aromatic heterocycles. The fourth-order valence-corrected chi connectivity index (χ4v) is 3.55. The van der Waals surface area contributed by atoms with Gasteiger partial charge in [0.1, 0.15) is 11.6 Å². The van der Waals surface area contributed by atoms with Crippen molar-refractivity contribution in [3.05, 3.63) is 71.0 Å². The Kier molecular flexibility index (Phi) is 7.06. The topological polar surface area (TPSA) is 90.3 Å². The minimum absolute atomic E-state index is 0.0884. The van der Waals surface area contributed by atoms with E-state index >= 15 is 0 Å². The number of methoxy groups -OCH3 is 1. The first-order valence-corrected chi connectivity index (χ1v) is 9.91. The van der Waals surface area contributed by atoms with E-state index in [2.05, 4.69) is 16.5 Å². The number of rotatable bonds is 8. The Hall–Kier alpha value is -3.63. The van der Waals surface area contributed by atoms with Gasteiger partial charge in [-0.3, -0.25) is 0 Å². The zero-order valence-electron chi connectivity index (χ0n) is 18.1. The molecule has 2 heterocycles. The molecule has 31 heavy (non-hydrogen) atoms. The first-order chi connectivity index (χ1) is 14.9. The maximum absolute atomic E-state index is 12.5. The van der Waals surface area contributed by atoms with Crippen LogP contribution in [0.3, 0.4) is 0 Å². The summed E-state index contributed by atoms with van der Waals surface area (Å²) in [6.07, 6.45) is 3.13. The molecule has 0 saturated heterocycles. The highest BCUT2D eigenvalue weighted by Crippen LogP contribution is 2.23. The van der Waals surface area contributed by atoms with Gasteiger partial charge < -0.3 is 18.5 Å². The summed E-state index contributed by atoms with van der Waals surface area (Å²) in [5.74, 6) is 0.119. The predicted molar refractivity (Wildman–Crippen MR) is 116 cm³/mol. The van der Waals surface area contributed by atoms with E-state index in [4.69, 9.17) is 13.9 Å². The number of oxazole rings is 1. The van der Waals surface area contributed by atoms with Crippen molar-refractivity contribution in [1.82, 2.24) is 9.55 Å². The summed E-state index contributed by atoms with van der Waals surface area (Å²) >= 11 is 0. The van der Waals surface area contributed by atoms with E-state index in [-0.39, 0.29) is 24.1 Å². The molecule has 0 aliphatic heterocycles. The van der Waals surface area contributed by atoms with Gasteiger partial charge in [0.2, 0.25) is 5.89 Å². The van der Waals surface area contributed by atoms with Crippen molar-refractivity contribution in [3.63, 3.8) is 0 Å². The van der Waals surface area contributed by atoms with E-state index < -0.39 is 5.97 Å². The number of hydrogen-bond acceptors (Lipinski definition) is 6. The summed E-state index contributed by atoms with van der Waals surface area (Å²) in [6.45, 7) is 6.38. The highest BCUT2D eigenvalue weighted by Gasteiger charge is 2.17. The highest BCUT2D eigenvalue weighted by atomic mass is 16.5. The van der Waals surface area contributed by atoms with Crippen LogP contribution in [-0.2, 0) is 20.9 Å². The first-order valence-electron chi connectivity index (χ1n) is 9.91. The van der Waals surface area contributed by atoms with Crippen LogP contribution in [0.2, 0.25) is 0 Å². The molecule has 3 rings (SSSR count). The second kappa shape index (κ2) is 9.92. The lowest BCUT2D eigenvalue weighted by Gasteiger charge is -2.17. The van der Waals surface area contributed by atoms with Crippen molar-refractivity contribution in [2.75, 3.05) is 13.7 Å². The smallest absolute Gasteiger partial charge is 0.349 e. The van der Waals surface area contributed by atoms with Crippen LogP contribution >= 0.6 is 0 Å². The Morgan fingerprint density at radius 1 is 1.32 bits per heavy atom. The molecular formula is C24H25N3O4. The minimum atomic E-state index is -0.725. The standard InChI is InChI=1S/C24H25N3O4/c1-16-10-20(18(3)27(16)17(2)14-29-4)11-21(12-25)24(28)30-15-23-26-13-22(31-23)19-8-6-5-7-9-19/h5-11,13,17H,14-15H2,1-4H3/b21-11+/t17-/m0/s1. The number of ether oxygens (including phenoxy) is 2. The van der Waals surface area contributed by atoms with Crippen molar-refractivity contribution in [1.29, 1.82) is 5.26 Å². The van der Waals surface area contributed by atoms with Gasteiger partial charge in [0.05, 0.1) is 18.8 Å². The van der Waals surface area contributed by atoms with E-state index in [1.165, 1.54) is 0 Å². The van der Waals surface area contributed by atoms with Crippen LogP contribution < -0.4 is 0 Å². The lowest BCUT2D eigenvalue weighted by atomic mass is 10.1. The molecule has 0 amide bonds. The summed E-state index contributed by atoms with van der Waals surface area (Å²) in [4.78, 5) is 16.6. The second-order valence-corrected chi connectivity index (χ2v) is 7.23. The van der Waals surface area contributed by atoms with E-state index in [0.29, 0.717) is 12.4 Å². The Labute approximate surface area is 181 Å². The fraction of sp³-hybridized carbons (Fsp3) is 0.292. The molecule has 7 heteroatoms.